The second kappa shape index (κ2) is 35.0. The molecule has 131 heavy (non-hydrogen) atoms. The Morgan fingerprint density at radius 2 is 0.710 bits per heavy atom. The summed E-state index contributed by atoms with van der Waals surface area (Å²) in [4.78, 5) is 65.9. The molecule has 0 saturated carbocycles. The first-order valence-electron chi connectivity index (χ1n) is 46.9. The Morgan fingerprint density at radius 3 is 1.06 bits per heavy atom. The summed E-state index contributed by atoms with van der Waals surface area (Å²) in [6.45, 7) is 28.4. The zero-order valence-electron chi connectivity index (χ0n) is 77.1. The fourth-order valence-corrected chi connectivity index (χ4v) is 21.7. The second-order valence-electron chi connectivity index (χ2n) is 37.7. The molecule has 4 fully saturated rings. The van der Waals surface area contributed by atoms with E-state index in [4.69, 9.17) is 39.3 Å². The van der Waals surface area contributed by atoms with Crippen molar-refractivity contribution in [2.75, 3.05) is 125 Å². The van der Waals surface area contributed by atoms with E-state index in [0.29, 0.717) is 63.9 Å². The Kier molecular flexibility index (Phi) is 22.8. The number of nitrogens with zero attached hydrogens (tertiary/aromatic N) is 24. The van der Waals surface area contributed by atoms with Crippen molar-refractivity contribution in [3.63, 3.8) is 0 Å². The lowest BCUT2D eigenvalue weighted by molar-refractivity contribution is -0.130. The first-order valence-corrected chi connectivity index (χ1v) is 46.9. The number of anilines is 8. The Morgan fingerprint density at radius 1 is 0.359 bits per heavy atom. The molecule has 5 atom stereocenters. The highest BCUT2D eigenvalue weighted by atomic mass is 16.5. The summed E-state index contributed by atoms with van der Waals surface area (Å²) in [5.74, 6) is 5.30. The van der Waals surface area contributed by atoms with Gasteiger partial charge in [0.15, 0.2) is 23.3 Å². The zero-order valence-corrected chi connectivity index (χ0v) is 77.1. The number of aryl methyl sites for hydroxylation is 5. The normalized spacial score (nSPS) is 20.6. The van der Waals surface area contributed by atoms with Crippen LogP contribution >= 0.6 is 0 Å². The van der Waals surface area contributed by atoms with Gasteiger partial charge < -0.3 is 58.1 Å². The lowest BCUT2D eigenvalue weighted by atomic mass is 9.96. The largest absolute Gasteiger partial charge is 0.379 e. The highest BCUT2D eigenvalue weighted by Gasteiger charge is 2.42. The second-order valence-corrected chi connectivity index (χ2v) is 37.7. The van der Waals surface area contributed by atoms with E-state index in [1.165, 1.54) is 124 Å². The SMILES string of the molecule is CC(=O)N1CCc2c(c(N3CCCc4cc(-c5cnn(C)c5)ccc43)nn2C2COC2)C1.CC(=O)N1CCc2c(c(N3CCc4cc(-c5cnn(C)c5C)ccc43)nn2C2CCOC2)C1.CC(=O)N1CCc2c(c(N3C[C@@H](C)c4cc(-c5cnn(C)c5)ccc43)nn2[C@@H]2CCOC2)C1.CC(=O)N1CCc2c(c(N3C[C@H](C)c4cc(-c5cnn(C)c5)ccc43)nn2[C@@H]2CCOC2)C1. The van der Waals surface area contributed by atoms with E-state index in [-0.39, 0.29) is 41.8 Å². The molecule has 1 unspecified atom stereocenters. The van der Waals surface area contributed by atoms with Crippen LogP contribution < -0.4 is 19.6 Å². The van der Waals surface area contributed by atoms with Crippen molar-refractivity contribution >= 4 is 69.6 Å². The molecule has 20 heterocycles. The molecule has 0 spiro atoms. The Balaban J connectivity index is 0.000000105. The van der Waals surface area contributed by atoms with Crippen molar-refractivity contribution in [1.29, 1.82) is 0 Å². The molecule has 12 aliphatic heterocycles. The number of amides is 4. The van der Waals surface area contributed by atoms with Crippen LogP contribution in [0.25, 0.3) is 44.5 Å². The van der Waals surface area contributed by atoms with Gasteiger partial charge in [0.1, 0.15) is 0 Å². The molecular weight excluding hydrogens is 1650 g/mol. The Hall–Kier alpha value is -12.5. The van der Waals surface area contributed by atoms with Gasteiger partial charge in [0.05, 0.1) is 108 Å². The van der Waals surface area contributed by atoms with Crippen LogP contribution in [0.1, 0.15) is 176 Å². The van der Waals surface area contributed by atoms with Gasteiger partial charge in [-0.15, -0.1) is 0 Å². The Labute approximate surface area is 763 Å². The minimum absolute atomic E-state index is 0.125. The topological polar surface area (TPSA) is 274 Å². The van der Waals surface area contributed by atoms with Gasteiger partial charge >= 0.3 is 0 Å². The molecule has 0 bridgehead atoms. The highest BCUT2D eigenvalue weighted by Crippen LogP contribution is 2.50. The number of benzene rings is 4. The van der Waals surface area contributed by atoms with Gasteiger partial charge in [-0.1, -0.05) is 38.1 Å². The van der Waals surface area contributed by atoms with Crippen LogP contribution in [0.15, 0.2) is 116 Å². The van der Waals surface area contributed by atoms with Crippen LogP contribution in [0, 0.1) is 6.92 Å². The number of carbonyl (C=O) groups is 4. The monoisotopic (exact) mass is 1770 g/mol. The van der Waals surface area contributed by atoms with Gasteiger partial charge in [-0.2, -0.15) is 40.8 Å². The van der Waals surface area contributed by atoms with Crippen molar-refractivity contribution in [3.8, 4) is 44.5 Å². The number of rotatable bonds is 12. The molecule has 12 aromatic rings. The predicted molar refractivity (Wildman–Crippen MR) is 498 cm³/mol. The Bertz CT molecular complexity index is 6200. The summed E-state index contributed by atoms with van der Waals surface area (Å²) in [7, 11) is 7.81. The van der Waals surface area contributed by atoms with E-state index < -0.39 is 0 Å². The van der Waals surface area contributed by atoms with Crippen molar-refractivity contribution in [3.05, 3.63) is 189 Å². The van der Waals surface area contributed by atoms with Crippen molar-refractivity contribution in [1.82, 2.24) is 97.8 Å². The fraction of sp³-hybridized carbons (Fsp3) is 0.475. The number of ether oxygens (including phenoxy) is 4. The molecule has 8 aromatic heterocycles. The molecule has 32 nitrogen and oxygen atoms in total. The quantitative estimate of drug-likeness (QED) is 0.110. The smallest absolute Gasteiger partial charge is 0.219 e. The van der Waals surface area contributed by atoms with Gasteiger partial charge in [-0.3, -0.25) is 56.6 Å². The minimum Gasteiger partial charge on any atom is -0.379 e. The lowest BCUT2D eigenvalue weighted by Gasteiger charge is -2.33. The molecule has 4 aromatic carbocycles. The zero-order chi connectivity index (χ0) is 89.9. The lowest BCUT2D eigenvalue weighted by Crippen LogP contribution is -2.37. The number of hydrogen-bond acceptors (Lipinski definition) is 20. The van der Waals surface area contributed by atoms with E-state index in [2.05, 4.69) is 171 Å². The summed E-state index contributed by atoms with van der Waals surface area (Å²) >= 11 is 0. The highest BCUT2D eigenvalue weighted by molar-refractivity contribution is 5.83. The van der Waals surface area contributed by atoms with E-state index in [1.807, 2.05) is 91.3 Å². The predicted octanol–water partition coefficient (Wildman–Crippen LogP) is 12.8. The molecule has 24 rings (SSSR count). The van der Waals surface area contributed by atoms with Crippen LogP contribution in [0.3, 0.4) is 0 Å². The molecular formula is C99H118N24O8. The van der Waals surface area contributed by atoms with E-state index in [1.54, 1.807) is 27.7 Å². The fourth-order valence-electron chi connectivity index (χ4n) is 21.7. The minimum atomic E-state index is 0.125. The number of hydrogen-bond donors (Lipinski definition) is 0. The standard InChI is InChI=1S/3C25H30N6O2.C24H28N6O2/c1-16-21(13-26-28(16)3)18-4-5-23-19(12-18)6-10-30(23)25-22-14-29(17(2)32)9-7-24(22)31(27-25)20-8-11-33-15-20;2*1-16-12-30(23-5-4-18(10-21(16)23)19-11-26-28(3)13-19)25-22-14-29(17(2)32)8-6-24(22)31(27-25)20-7-9-33-15-20;1-16(31)28-9-7-23-21(13-28)24(26-30(23)20-14-32-15-20)29-8-3-4-18-10-17(5-6-22(18)29)19-11-25-27(2)12-19/h4-5,12-13,20H,6-11,14-15H2,1-3H3;2*4-5,10-11,13,16,20H,6-9,12,14-15H2,1-3H3;5-6,10-12,20H,3-4,7-9,13-15H2,1-2H3/t;16-,20+;16-,20-;/m.01./s1. The summed E-state index contributed by atoms with van der Waals surface area (Å²) in [5, 5.41) is 38.0. The molecule has 4 saturated heterocycles. The summed E-state index contributed by atoms with van der Waals surface area (Å²) < 4.78 is 38.7. The van der Waals surface area contributed by atoms with Gasteiger partial charge in [-0.25, -0.2) is 0 Å². The van der Waals surface area contributed by atoms with Gasteiger partial charge in [0.25, 0.3) is 0 Å². The maximum Gasteiger partial charge on any atom is 0.219 e. The van der Waals surface area contributed by atoms with E-state index >= 15 is 0 Å². The number of carbonyl (C=O) groups excluding carboxylic acids is 4. The molecule has 12 aliphatic rings. The average Bonchev–Trinajstić information content (AvgIpc) is 1.60. The maximum absolute atomic E-state index is 12.2. The summed E-state index contributed by atoms with van der Waals surface area (Å²) in [5.41, 5.74) is 30.6. The van der Waals surface area contributed by atoms with Crippen LogP contribution in [0.5, 0.6) is 0 Å². The first-order chi connectivity index (χ1) is 63.6. The third-order valence-corrected chi connectivity index (χ3v) is 29.2. The number of aromatic nitrogens is 16. The molecule has 4 amide bonds. The van der Waals surface area contributed by atoms with Crippen molar-refractivity contribution < 1.29 is 38.1 Å². The van der Waals surface area contributed by atoms with Crippen molar-refractivity contribution in [2.45, 2.75) is 175 Å². The van der Waals surface area contributed by atoms with Gasteiger partial charge in [-0.05, 0) is 138 Å². The number of fused-ring (bicyclic) bond motifs is 8. The third-order valence-electron chi connectivity index (χ3n) is 29.2. The maximum atomic E-state index is 12.2. The van der Waals surface area contributed by atoms with E-state index in [0.717, 1.165) is 190 Å². The first kappa shape index (κ1) is 85.3. The molecule has 32 heteroatoms. The van der Waals surface area contributed by atoms with Crippen LogP contribution in [0.4, 0.5) is 46.0 Å². The van der Waals surface area contributed by atoms with E-state index in [9.17, 15) is 19.2 Å². The van der Waals surface area contributed by atoms with Crippen LogP contribution in [-0.2, 0) is 131 Å². The summed E-state index contributed by atoms with van der Waals surface area (Å²) in [6, 6.07) is 28.0. The molecule has 0 radical (unpaired) electrons. The van der Waals surface area contributed by atoms with Crippen LogP contribution in [-0.4, -0.2) is 227 Å². The average molecular weight is 1770 g/mol. The summed E-state index contributed by atoms with van der Waals surface area (Å²) in [6.07, 6.45) is 23.3. The van der Waals surface area contributed by atoms with Crippen molar-refractivity contribution in [2.24, 2.45) is 28.2 Å². The molecule has 0 aliphatic carbocycles. The third kappa shape index (κ3) is 15.9. The van der Waals surface area contributed by atoms with Crippen LogP contribution in [0.2, 0.25) is 0 Å². The van der Waals surface area contributed by atoms with Gasteiger partial charge in [0, 0.05) is 280 Å². The van der Waals surface area contributed by atoms with Gasteiger partial charge in [0.2, 0.25) is 23.6 Å². The molecule has 682 valence electrons. The molecule has 0 N–H and O–H groups in total.